The highest BCUT2D eigenvalue weighted by Gasteiger charge is 2.21. The van der Waals surface area contributed by atoms with Crippen LogP contribution in [-0.4, -0.2) is 28.6 Å². The summed E-state index contributed by atoms with van der Waals surface area (Å²) in [6, 6.07) is 19.3. The third-order valence-corrected chi connectivity index (χ3v) is 5.96. The first-order valence-electron chi connectivity index (χ1n) is 10.3. The average Bonchev–Trinajstić information content (AvgIpc) is 3.21. The van der Waals surface area contributed by atoms with Crippen molar-refractivity contribution in [1.82, 2.24) is 10.2 Å². The molecule has 0 fully saturated rings. The Balaban J connectivity index is 1.56. The topological polar surface area (TPSA) is 113 Å². The molecule has 4 aromatic rings. The highest BCUT2D eigenvalue weighted by molar-refractivity contribution is 6.42. The molecule has 0 bridgehead atoms. The molecule has 1 heterocycles. The lowest BCUT2D eigenvalue weighted by atomic mass is 9.94. The maximum Gasteiger partial charge on any atom is 0.256 e. The highest BCUT2D eigenvalue weighted by Crippen LogP contribution is 2.30. The number of anilines is 2. The summed E-state index contributed by atoms with van der Waals surface area (Å²) in [5.41, 5.74) is 8.28. The molecule has 0 aliphatic heterocycles. The first kappa shape index (κ1) is 22.8. The van der Waals surface area contributed by atoms with Crippen LogP contribution in [0.5, 0.6) is 0 Å². The quantitative estimate of drug-likeness (QED) is 0.290. The number of nitrogens with one attached hydrogen (secondary N) is 3. The second-order valence-electron chi connectivity index (χ2n) is 7.45. The van der Waals surface area contributed by atoms with Crippen LogP contribution in [0, 0.1) is 0 Å². The van der Waals surface area contributed by atoms with Crippen LogP contribution in [0.25, 0.3) is 10.9 Å². The van der Waals surface area contributed by atoms with Crippen molar-refractivity contribution in [2.24, 2.45) is 5.73 Å². The number of carbonyl (C=O) groups excluding carboxylic acids is 2. The lowest BCUT2D eigenvalue weighted by Crippen LogP contribution is -2.23. The number of amides is 2. The molecule has 0 saturated carbocycles. The van der Waals surface area contributed by atoms with E-state index in [2.05, 4.69) is 20.8 Å². The van der Waals surface area contributed by atoms with Gasteiger partial charge in [-0.15, -0.1) is 0 Å². The van der Waals surface area contributed by atoms with Gasteiger partial charge in [-0.05, 0) is 61.0 Å². The second-order valence-corrected chi connectivity index (χ2v) is 8.26. The lowest BCUT2D eigenvalue weighted by molar-refractivity contribution is -0.117. The fraction of sp³-hybridized carbons (Fsp3) is 0.125. The SMILES string of the molecule is NCCC(C(=O)Nc1ccc2[nH]nc(NC(=O)c3ccccc3)c2c1)c1ccc(Cl)c(Cl)c1. The van der Waals surface area contributed by atoms with Crippen molar-refractivity contribution in [1.29, 1.82) is 0 Å². The Hall–Kier alpha value is -3.39. The molecular weight excluding hydrogens is 461 g/mol. The monoisotopic (exact) mass is 481 g/mol. The Bertz CT molecular complexity index is 1310. The molecule has 168 valence electrons. The van der Waals surface area contributed by atoms with Crippen molar-refractivity contribution in [3.63, 3.8) is 0 Å². The Morgan fingerprint density at radius 2 is 1.76 bits per heavy atom. The average molecular weight is 482 g/mol. The van der Waals surface area contributed by atoms with Crippen LogP contribution in [0.2, 0.25) is 10.0 Å². The summed E-state index contributed by atoms with van der Waals surface area (Å²) in [4.78, 5) is 25.6. The molecule has 1 atom stereocenters. The Kier molecular flexibility index (Phi) is 6.93. The summed E-state index contributed by atoms with van der Waals surface area (Å²) >= 11 is 12.1. The van der Waals surface area contributed by atoms with Gasteiger partial charge in [0.15, 0.2) is 5.82 Å². The van der Waals surface area contributed by atoms with Crippen molar-refractivity contribution < 1.29 is 9.59 Å². The van der Waals surface area contributed by atoms with Crippen LogP contribution in [0.3, 0.4) is 0 Å². The van der Waals surface area contributed by atoms with Gasteiger partial charge in [0.05, 0.1) is 21.5 Å². The van der Waals surface area contributed by atoms with Crippen molar-refractivity contribution in [3.05, 3.63) is 87.9 Å². The molecule has 9 heteroatoms. The Labute approximate surface area is 200 Å². The maximum atomic E-state index is 13.1. The van der Waals surface area contributed by atoms with Gasteiger partial charge in [-0.25, -0.2) is 0 Å². The molecule has 0 aliphatic rings. The number of H-pyrrole nitrogens is 1. The first-order chi connectivity index (χ1) is 16.0. The minimum atomic E-state index is -0.498. The van der Waals surface area contributed by atoms with E-state index in [1.165, 1.54) is 0 Å². The van der Waals surface area contributed by atoms with Crippen molar-refractivity contribution >= 4 is 57.4 Å². The third kappa shape index (κ3) is 5.17. The van der Waals surface area contributed by atoms with Gasteiger partial charge in [0.25, 0.3) is 5.91 Å². The van der Waals surface area contributed by atoms with Gasteiger partial charge in [-0.3, -0.25) is 14.7 Å². The van der Waals surface area contributed by atoms with Gasteiger partial charge in [0.2, 0.25) is 5.91 Å². The highest BCUT2D eigenvalue weighted by atomic mass is 35.5. The lowest BCUT2D eigenvalue weighted by Gasteiger charge is -2.17. The van der Waals surface area contributed by atoms with E-state index in [9.17, 15) is 9.59 Å². The largest absolute Gasteiger partial charge is 0.330 e. The van der Waals surface area contributed by atoms with Crippen LogP contribution < -0.4 is 16.4 Å². The third-order valence-electron chi connectivity index (χ3n) is 5.22. The number of benzene rings is 3. The smallest absolute Gasteiger partial charge is 0.256 e. The molecule has 0 saturated heterocycles. The second kappa shape index (κ2) is 10.0. The molecular formula is C24H21Cl2N5O2. The minimum absolute atomic E-state index is 0.225. The number of nitrogens with two attached hydrogens (primary N) is 1. The van der Waals surface area contributed by atoms with E-state index in [0.29, 0.717) is 45.5 Å². The Morgan fingerprint density at radius 1 is 0.970 bits per heavy atom. The number of rotatable bonds is 7. The predicted octanol–water partition coefficient (Wildman–Crippen LogP) is 5.19. The number of aromatic amines is 1. The summed E-state index contributed by atoms with van der Waals surface area (Å²) in [5.74, 6) is -0.627. The number of aromatic nitrogens is 2. The number of carbonyl (C=O) groups is 2. The van der Waals surface area contributed by atoms with Crippen LogP contribution >= 0.6 is 23.2 Å². The van der Waals surface area contributed by atoms with Gasteiger partial charge >= 0.3 is 0 Å². The number of hydrogen-bond acceptors (Lipinski definition) is 4. The first-order valence-corrected chi connectivity index (χ1v) is 11.0. The number of nitrogens with zero attached hydrogens (tertiary/aromatic N) is 1. The van der Waals surface area contributed by atoms with Gasteiger partial charge in [-0.1, -0.05) is 47.5 Å². The normalized spacial score (nSPS) is 11.8. The molecule has 5 N–H and O–H groups in total. The maximum absolute atomic E-state index is 13.1. The number of halogens is 2. The van der Waals surface area contributed by atoms with E-state index >= 15 is 0 Å². The van der Waals surface area contributed by atoms with Crippen molar-refractivity contribution in [2.75, 3.05) is 17.2 Å². The van der Waals surface area contributed by atoms with Gasteiger partial charge in [-0.2, -0.15) is 5.10 Å². The van der Waals surface area contributed by atoms with Crippen molar-refractivity contribution in [2.45, 2.75) is 12.3 Å². The van der Waals surface area contributed by atoms with Crippen LogP contribution in [-0.2, 0) is 4.79 Å². The minimum Gasteiger partial charge on any atom is -0.330 e. The molecule has 4 rings (SSSR count). The Morgan fingerprint density at radius 3 is 2.48 bits per heavy atom. The van der Waals surface area contributed by atoms with E-state index in [0.717, 1.165) is 11.1 Å². The molecule has 0 spiro atoms. The number of hydrogen-bond donors (Lipinski definition) is 4. The molecule has 1 aromatic heterocycles. The fourth-order valence-corrected chi connectivity index (χ4v) is 3.84. The summed E-state index contributed by atoms with van der Waals surface area (Å²) in [7, 11) is 0. The molecule has 0 radical (unpaired) electrons. The summed E-state index contributed by atoms with van der Waals surface area (Å²) in [6.45, 7) is 0.328. The van der Waals surface area contributed by atoms with Crippen LogP contribution in [0.15, 0.2) is 66.7 Å². The van der Waals surface area contributed by atoms with E-state index in [-0.39, 0.29) is 11.8 Å². The van der Waals surface area contributed by atoms with Gasteiger partial charge in [0, 0.05) is 16.6 Å². The van der Waals surface area contributed by atoms with Gasteiger partial charge < -0.3 is 16.4 Å². The van der Waals surface area contributed by atoms with Crippen LogP contribution in [0.1, 0.15) is 28.3 Å². The summed E-state index contributed by atoms with van der Waals surface area (Å²) < 4.78 is 0. The molecule has 1 unspecified atom stereocenters. The fourth-order valence-electron chi connectivity index (χ4n) is 3.53. The van der Waals surface area contributed by atoms with Gasteiger partial charge in [0.1, 0.15) is 0 Å². The molecule has 33 heavy (non-hydrogen) atoms. The molecule has 3 aromatic carbocycles. The van der Waals surface area contributed by atoms with Crippen LogP contribution in [0.4, 0.5) is 11.5 Å². The predicted molar refractivity (Wildman–Crippen MR) is 132 cm³/mol. The summed E-state index contributed by atoms with van der Waals surface area (Å²) in [5, 5.41) is 14.3. The van der Waals surface area contributed by atoms with E-state index in [1.807, 2.05) is 6.07 Å². The molecule has 2 amide bonds. The van der Waals surface area contributed by atoms with Crippen molar-refractivity contribution in [3.8, 4) is 0 Å². The standard InChI is InChI=1S/C24H21Cl2N5O2/c25-19-8-6-15(12-20(19)26)17(10-11-27)24(33)28-16-7-9-21-18(13-16)22(31-30-21)29-23(32)14-4-2-1-3-5-14/h1-9,12-13,17H,10-11,27H2,(H,28,33)(H2,29,30,31,32). The van der Waals surface area contributed by atoms with E-state index in [1.54, 1.807) is 60.7 Å². The van der Waals surface area contributed by atoms with E-state index in [4.69, 9.17) is 28.9 Å². The molecule has 7 nitrogen and oxygen atoms in total. The summed E-state index contributed by atoms with van der Waals surface area (Å²) in [6.07, 6.45) is 0.441. The zero-order valence-corrected chi connectivity index (χ0v) is 19.0. The number of fused-ring (bicyclic) bond motifs is 1. The van der Waals surface area contributed by atoms with E-state index < -0.39 is 5.92 Å². The zero-order chi connectivity index (χ0) is 23.4. The molecule has 0 aliphatic carbocycles. The zero-order valence-electron chi connectivity index (χ0n) is 17.4.